The summed E-state index contributed by atoms with van der Waals surface area (Å²) in [7, 11) is 1.68. The molecule has 19 heavy (non-hydrogen) atoms. The highest BCUT2D eigenvalue weighted by atomic mass is 16.5. The molecule has 4 heteroatoms. The van der Waals surface area contributed by atoms with E-state index in [0.717, 1.165) is 34.0 Å². The van der Waals surface area contributed by atoms with Crippen molar-refractivity contribution in [1.82, 2.24) is 9.55 Å². The van der Waals surface area contributed by atoms with E-state index in [1.54, 1.807) is 7.11 Å². The quantitative estimate of drug-likeness (QED) is 0.721. The van der Waals surface area contributed by atoms with Crippen LogP contribution in [0.5, 0.6) is 5.75 Å². The van der Waals surface area contributed by atoms with Crippen molar-refractivity contribution in [3.8, 4) is 5.75 Å². The van der Waals surface area contributed by atoms with Crippen molar-refractivity contribution in [2.24, 2.45) is 0 Å². The first-order chi connectivity index (χ1) is 9.17. The Morgan fingerprint density at radius 2 is 2.11 bits per heavy atom. The van der Waals surface area contributed by atoms with Gasteiger partial charge in [0.1, 0.15) is 11.5 Å². The van der Waals surface area contributed by atoms with E-state index >= 15 is 0 Å². The van der Waals surface area contributed by atoms with E-state index < -0.39 is 0 Å². The summed E-state index contributed by atoms with van der Waals surface area (Å²) < 4.78 is 13.0. The summed E-state index contributed by atoms with van der Waals surface area (Å²) in [5.41, 5.74) is 2.10. The van der Waals surface area contributed by atoms with E-state index in [4.69, 9.17) is 9.15 Å². The summed E-state index contributed by atoms with van der Waals surface area (Å²) in [5.74, 6) is 2.49. The van der Waals surface area contributed by atoms with Gasteiger partial charge >= 0.3 is 0 Å². The van der Waals surface area contributed by atoms with Crippen LogP contribution in [0.2, 0.25) is 0 Å². The summed E-state index contributed by atoms with van der Waals surface area (Å²) in [5, 5.41) is 1.15. The van der Waals surface area contributed by atoms with Crippen LogP contribution < -0.4 is 4.74 Å². The predicted molar refractivity (Wildman–Crippen MR) is 73.6 cm³/mol. The van der Waals surface area contributed by atoms with E-state index in [9.17, 15) is 0 Å². The van der Waals surface area contributed by atoms with Gasteiger partial charge in [0, 0.05) is 17.1 Å². The van der Waals surface area contributed by atoms with Crippen LogP contribution in [0, 0.1) is 13.8 Å². The molecule has 0 spiro atoms. The molecule has 0 atom stereocenters. The smallest absolute Gasteiger partial charge is 0.214 e. The molecule has 0 fully saturated rings. The van der Waals surface area contributed by atoms with Crippen molar-refractivity contribution in [3.63, 3.8) is 0 Å². The van der Waals surface area contributed by atoms with Crippen molar-refractivity contribution in [2.75, 3.05) is 7.11 Å². The first-order valence-corrected chi connectivity index (χ1v) is 6.23. The van der Waals surface area contributed by atoms with Crippen molar-refractivity contribution >= 4 is 10.9 Å². The number of methoxy groups -OCH3 is 1. The van der Waals surface area contributed by atoms with E-state index in [0.29, 0.717) is 6.54 Å². The average molecular weight is 256 g/mol. The molecule has 0 aliphatic carbocycles. The zero-order valence-electron chi connectivity index (χ0n) is 11.3. The number of hydrogen-bond acceptors (Lipinski definition) is 3. The van der Waals surface area contributed by atoms with Gasteiger partial charge in [-0.3, -0.25) is 0 Å². The third kappa shape index (κ3) is 2.10. The molecule has 0 unspecified atom stereocenters. The van der Waals surface area contributed by atoms with E-state index in [1.165, 1.54) is 0 Å². The van der Waals surface area contributed by atoms with Crippen LogP contribution in [0.3, 0.4) is 0 Å². The van der Waals surface area contributed by atoms with Gasteiger partial charge in [0.25, 0.3) is 0 Å². The van der Waals surface area contributed by atoms with Gasteiger partial charge in [-0.25, -0.2) is 4.98 Å². The van der Waals surface area contributed by atoms with Gasteiger partial charge in [-0.2, -0.15) is 0 Å². The SMILES string of the molecule is COc1ccc2c(ccn2Cc2nc(C)c(C)o2)c1. The van der Waals surface area contributed by atoms with Crippen LogP contribution in [0.15, 0.2) is 34.9 Å². The maximum absolute atomic E-state index is 5.62. The molecule has 0 aliphatic rings. The van der Waals surface area contributed by atoms with Crippen LogP contribution >= 0.6 is 0 Å². The molecule has 0 saturated carbocycles. The average Bonchev–Trinajstić information content (AvgIpc) is 2.94. The number of fused-ring (bicyclic) bond motifs is 1. The zero-order chi connectivity index (χ0) is 13.4. The minimum absolute atomic E-state index is 0.643. The van der Waals surface area contributed by atoms with E-state index in [-0.39, 0.29) is 0 Å². The number of oxazole rings is 1. The lowest BCUT2D eigenvalue weighted by molar-refractivity contribution is 0.415. The fraction of sp³-hybridized carbons (Fsp3) is 0.267. The van der Waals surface area contributed by atoms with Crippen molar-refractivity contribution in [3.05, 3.63) is 47.8 Å². The molecule has 0 amide bonds. The van der Waals surface area contributed by atoms with Crippen molar-refractivity contribution in [2.45, 2.75) is 20.4 Å². The normalized spacial score (nSPS) is 11.1. The Balaban J connectivity index is 1.97. The highest BCUT2D eigenvalue weighted by Crippen LogP contribution is 2.22. The first kappa shape index (κ1) is 11.8. The number of ether oxygens (including phenoxy) is 1. The number of aryl methyl sites for hydroxylation is 2. The summed E-state index contributed by atoms with van der Waals surface area (Å²) in [6.07, 6.45) is 2.04. The van der Waals surface area contributed by atoms with Crippen LogP contribution in [-0.4, -0.2) is 16.7 Å². The second-order valence-corrected chi connectivity index (χ2v) is 4.62. The third-order valence-corrected chi connectivity index (χ3v) is 3.36. The number of rotatable bonds is 3. The molecular formula is C15H16N2O2. The Labute approximate surface area is 111 Å². The van der Waals surface area contributed by atoms with Crippen molar-refractivity contribution in [1.29, 1.82) is 0 Å². The van der Waals surface area contributed by atoms with Crippen molar-refractivity contribution < 1.29 is 9.15 Å². The standard InChI is InChI=1S/C15H16N2O2/c1-10-11(2)19-15(16-10)9-17-7-6-12-8-13(18-3)4-5-14(12)17/h4-8H,9H2,1-3H3. The Morgan fingerprint density at radius 3 is 2.79 bits per heavy atom. The molecule has 0 N–H and O–H groups in total. The van der Waals surface area contributed by atoms with Gasteiger partial charge in [0.2, 0.25) is 5.89 Å². The van der Waals surface area contributed by atoms with Crippen LogP contribution in [0.25, 0.3) is 10.9 Å². The number of aromatic nitrogens is 2. The third-order valence-electron chi connectivity index (χ3n) is 3.36. The molecule has 0 bridgehead atoms. The van der Waals surface area contributed by atoms with Gasteiger partial charge in [-0.15, -0.1) is 0 Å². The molecule has 4 nitrogen and oxygen atoms in total. The molecule has 0 aliphatic heterocycles. The second kappa shape index (κ2) is 4.46. The molecule has 0 radical (unpaired) electrons. The van der Waals surface area contributed by atoms with Gasteiger partial charge < -0.3 is 13.7 Å². The molecule has 98 valence electrons. The number of hydrogen-bond donors (Lipinski definition) is 0. The molecule has 0 saturated heterocycles. The van der Waals surface area contributed by atoms with Gasteiger partial charge in [0.05, 0.1) is 19.3 Å². The highest BCUT2D eigenvalue weighted by Gasteiger charge is 2.08. The largest absolute Gasteiger partial charge is 0.497 e. The van der Waals surface area contributed by atoms with Crippen LogP contribution in [0.4, 0.5) is 0 Å². The molecule has 2 heterocycles. The van der Waals surface area contributed by atoms with Crippen LogP contribution in [-0.2, 0) is 6.54 Å². The Kier molecular flexibility index (Phi) is 2.78. The summed E-state index contributed by atoms with van der Waals surface area (Å²) in [6.45, 7) is 4.54. The minimum atomic E-state index is 0.643. The highest BCUT2D eigenvalue weighted by molar-refractivity contribution is 5.81. The fourth-order valence-electron chi connectivity index (χ4n) is 2.20. The Morgan fingerprint density at radius 1 is 1.26 bits per heavy atom. The monoisotopic (exact) mass is 256 g/mol. The van der Waals surface area contributed by atoms with E-state index in [2.05, 4.69) is 21.7 Å². The number of benzene rings is 1. The topological polar surface area (TPSA) is 40.2 Å². The summed E-state index contributed by atoms with van der Waals surface area (Å²) >= 11 is 0. The molecule has 3 rings (SSSR count). The number of nitrogens with zero attached hydrogens (tertiary/aromatic N) is 2. The molecule has 1 aromatic carbocycles. The van der Waals surface area contributed by atoms with Gasteiger partial charge in [0.15, 0.2) is 0 Å². The van der Waals surface area contributed by atoms with Gasteiger partial charge in [-0.1, -0.05) is 0 Å². The summed E-state index contributed by atoms with van der Waals surface area (Å²) in [6, 6.07) is 8.11. The molecular weight excluding hydrogens is 240 g/mol. The molecule has 3 aromatic rings. The zero-order valence-corrected chi connectivity index (χ0v) is 11.3. The van der Waals surface area contributed by atoms with Gasteiger partial charge in [-0.05, 0) is 38.1 Å². The lowest BCUT2D eigenvalue weighted by Crippen LogP contribution is -1.98. The predicted octanol–water partition coefficient (Wildman–Crippen LogP) is 3.30. The lowest BCUT2D eigenvalue weighted by atomic mass is 10.2. The maximum Gasteiger partial charge on any atom is 0.214 e. The first-order valence-electron chi connectivity index (χ1n) is 6.23. The fourth-order valence-corrected chi connectivity index (χ4v) is 2.20. The Bertz CT molecular complexity index is 705. The van der Waals surface area contributed by atoms with E-state index in [1.807, 2.05) is 32.2 Å². The maximum atomic E-state index is 5.62. The second-order valence-electron chi connectivity index (χ2n) is 4.62. The Hall–Kier alpha value is -2.23. The lowest BCUT2D eigenvalue weighted by Gasteiger charge is -2.03. The summed E-state index contributed by atoms with van der Waals surface area (Å²) in [4.78, 5) is 4.41. The van der Waals surface area contributed by atoms with Crippen LogP contribution in [0.1, 0.15) is 17.3 Å². The minimum Gasteiger partial charge on any atom is -0.497 e. The molecule has 2 aromatic heterocycles.